The second-order valence-electron chi connectivity index (χ2n) is 4.08. The Kier molecular flexibility index (Phi) is 4.11. The number of ketones is 1. The van der Waals surface area contributed by atoms with E-state index in [0.717, 1.165) is 12.1 Å². The lowest BCUT2D eigenvalue weighted by molar-refractivity contribution is 0.0977. The summed E-state index contributed by atoms with van der Waals surface area (Å²) in [6, 6.07) is 10.7. The van der Waals surface area contributed by atoms with Crippen molar-refractivity contribution in [2.45, 2.75) is 5.92 Å². The van der Waals surface area contributed by atoms with E-state index in [4.69, 9.17) is 16.9 Å². The molecule has 5 heteroatoms. The number of hydrogen-bond acceptors (Lipinski definition) is 2. The summed E-state index contributed by atoms with van der Waals surface area (Å²) in [5.41, 5.74) is -0.0583. The van der Waals surface area contributed by atoms with Gasteiger partial charge in [-0.15, -0.1) is 0 Å². The standard InChI is InChI=1S/C15H8ClF2NO/c16-12-6-5-9(7-14(12)18)15(20)11(8-19)10-3-1-2-4-13(10)17/h1-7,11H. The highest BCUT2D eigenvalue weighted by Gasteiger charge is 2.25. The first-order valence-electron chi connectivity index (χ1n) is 5.68. The van der Waals surface area contributed by atoms with Crippen LogP contribution in [-0.2, 0) is 0 Å². The molecule has 0 aliphatic rings. The van der Waals surface area contributed by atoms with Crippen molar-refractivity contribution in [1.29, 1.82) is 5.26 Å². The monoisotopic (exact) mass is 291 g/mol. The summed E-state index contributed by atoms with van der Waals surface area (Å²) in [4.78, 5) is 12.2. The van der Waals surface area contributed by atoms with Gasteiger partial charge in [-0.25, -0.2) is 8.78 Å². The molecular formula is C15H8ClF2NO. The van der Waals surface area contributed by atoms with Gasteiger partial charge in [0, 0.05) is 11.1 Å². The summed E-state index contributed by atoms with van der Waals surface area (Å²) in [5, 5.41) is 8.98. The summed E-state index contributed by atoms with van der Waals surface area (Å²) in [6.45, 7) is 0. The second-order valence-corrected chi connectivity index (χ2v) is 4.48. The van der Waals surface area contributed by atoms with Gasteiger partial charge in [0.25, 0.3) is 0 Å². The van der Waals surface area contributed by atoms with Crippen molar-refractivity contribution >= 4 is 17.4 Å². The lowest BCUT2D eigenvalue weighted by Gasteiger charge is -2.10. The first kappa shape index (κ1) is 14.2. The van der Waals surface area contributed by atoms with E-state index in [9.17, 15) is 13.6 Å². The molecule has 0 bridgehead atoms. The maximum absolute atomic E-state index is 13.6. The molecule has 2 aromatic rings. The third kappa shape index (κ3) is 2.68. The van der Waals surface area contributed by atoms with Gasteiger partial charge in [0.05, 0.1) is 11.1 Å². The Morgan fingerprint density at radius 3 is 2.45 bits per heavy atom. The Morgan fingerprint density at radius 1 is 1.15 bits per heavy atom. The average Bonchev–Trinajstić information content (AvgIpc) is 2.44. The lowest BCUT2D eigenvalue weighted by atomic mass is 9.91. The quantitative estimate of drug-likeness (QED) is 0.799. The average molecular weight is 292 g/mol. The van der Waals surface area contributed by atoms with Crippen molar-refractivity contribution < 1.29 is 13.6 Å². The molecule has 0 fully saturated rings. The van der Waals surface area contributed by atoms with Gasteiger partial charge in [0.15, 0.2) is 5.78 Å². The van der Waals surface area contributed by atoms with Gasteiger partial charge in [0.2, 0.25) is 0 Å². The molecule has 0 amide bonds. The zero-order valence-electron chi connectivity index (χ0n) is 10.1. The SMILES string of the molecule is N#CC(C(=O)c1ccc(Cl)c(F)c1)c1ccccc1F. The number of hydrogen-bond donors (Lipinski definition) is 0. The third-order valence-corrected chi connectivity index (χ3v) is 3.12. The molecule has 0 aliphatic carbocycles. The Hall–Kier alpha value is -2.25. The molecule has 0 heterocycles. The van der Waals surface area contributed by atoms with Crippen LogP contribution in [0.5, 0.6) is 0 Å². The Labute approximate surface area is 119 Å². The molecule has 0 aliphatic heterocycles. The van der Waals surface area contributed by atoms with Crippen LogP contribution in [0.2, 0.25) is 5.02 Å². The Bertz CT molecular complexity index is 709. The third-order valence-electron chi connectivity index (χ3n) is 2.81. The molecule has 0 spiro atoms. The number of nitriles is 1. The Morgan fingerprint density at radius 2 is 1.85 bits per heavy atom. The predicted molar refractivity (Wildman–Crippen MR) is 70.5 cm³/mol. The van der Waals surface area contributed by atoms with Crippen LogP contribution in [-0.4, -0.2) is 5.78 Å². The largest absolute Gasteiger partial charge is 0.292 e. The van der Waals surface area contributed by atoms with Gasteiger partial charge in [-0.1, -0.05) is 29.8 Å². The number of rotatable bonds is 3. The van der Waals surface area contributed by atoms with E-state index in [1.807, 2.05) is 0 Å². The fourth-order valence-corrected chi connectivity index (χ4v) is 1.91. The minimum absolute atomic E-state index is 0.0262. The fourth-order valence-electron chi connectivity index (χ4n) is 1.79. The molecule has 0 aromatic heterocycles. The molecule has 2 rings (SSSR count). The van der Waals surface area contributed by atoms with E-state index in [2.05, 4.69) is 0 Å². The van der Waals surface area contributed by atoms with Crippen LogP contribution in [0, 0.1) is 23.0 Å². The number of carbonyl (C=O) groups is 1. The van der Waals surface area contributed by atoms with Gasteiger partial charge in [0.1, 0.15) is 17.6 Å². The maximum Gasteiger partial charge on any atom is 0.184 e. The van der Waals surface area contributed by atoms with Crippen LogP contribution in [0.15, 0.2) is 42.5 Å². The molecule has 0 saturated heterocycles. The van der Waals surface area contributed by atoms with Gasteiger partial charge >= 0.3 is 0 Å². The van der Waals surface area contributed by atoms with Gasteiger partial charge in [-0.2, -0.15) is 5.26 Å². The van der Waals surface area contributed by atoms with E-state index in [1.165, 1.54) is 30.3 Å². The number of carbonyl (C=O) groups excluding carboxylic acids is 1. The number of nitrogens with zero attached hydrogens (tertiary/aromatic N) is 1. The molecular weight excluding hydrogens is 284 g/mol. The van der Waals surface area contributed by atoms with E-state index in [-0.39, 0.29) is 16.1 Å². The highest BCUT2D eigenvalue weighted by Crippen LogP contribution is 2.24. The van der Waals surface area contributed by atoms with Gasteiger partial charge in [-0.3, -0.25) is 4.79 Å². The van der Waals surface area contributed by atoms with Crippen LogP contribution in [0.25, 0.3) is 0 Å². The molecule has 20 heavy (non-hydrogen) atoms. The first-order chi connectivity index (χ1) is 9.54. The summed E-state index contributed by atoms with van der Waals surface area (Å²) < 4.78 is 27.0. The molecule has 1 unspecified atom stereocenters. The van der Waals surface area contributed by atoms with Crippen LogP contribution in [0.1, 0.15) is 21.8 Å². The molecule has 1 atom stereocenters. The highest BCUT2D eigenvalue weighted by atomic mass is 35.5. The molecule has 0 radical (unpaired) electrons. The normalized spacial score (nSPS) is 11.7. The fraction of sp³-hybridized carbons (Fsp3) is 0.0667. The van der Waals surface area contributed by atoms with Crippen LogP contribution in [0.3, 0.4) is 0 Å². The summed E-state index contributed by atoms with van der Waals surface area (Å²) in [7, 11) is 0. The minimum atomic E-state index is -1.32. The van der Waals surface area contributed by atoms with E-state index < -0.39 is 23.3 Å². The zero-order chi connectivity index (χ0) is 14.7. The van der Waals surface area contributed by atoms with Crippen LogP contribution >= 0.6 is 11.6 Å². The first-order valence-corrected chi connectivity index (χ1v) is 6.05. The van der Waals surface area contributed by atoms with Crippen molar-refractivity contribution in [2.75, 3.05) is 0 Å². The molecule has 0 N–H and O–H groups in total. The number of Topliss-reactive ketones (excluding diaryl/α,β-unsaturated/α-hetero) is 1. The van der Waals surface area contributed by atoms with Gasteiger partial charge in [-0.05, 0) is 24.3 Å². The summed E-state index contributed by atoms with van der Waals surface area (Å²) >= 11 is 5.53. The topological polar surface area (TPSA) is 40.9 Å². The van der Waals surface area contributed by atoms with Crippen molar-refractivity contribution in [3.8, 4) is 6.07 Å². The zero-order valence-corrected chi connectivity index (χ0v) is 10.9. The molecule has 100 valence electrons. The van der Waals surface area contributed by atoms with Crippen LogP contribution in [0.4, 0.5) is 8.78 Å². The Balaban J connectivity index is 2.42. The van der Waals surface area contributed by atoms with Crippen molar-refractivity contribution in [2.24, 2.45) is 0 Å². The number of halogens is 3. The van der Waals surface area contributed by atoms with E-state index >= 15 is 0 Å². The number of benzene rings is 2. The van der Waals surface area contributed by atoms with Gasteiger partial charge < -0.3 is 0 Å². The van der Waals surface area contributed by atoms with Crippen LogP contribution < -0.4 is 0 Å². The second kappa shape index (κ2) is 5.81. The van der Waals surface area contributed by atoms with E-state index in [0.29, 0.717) is 0 Å². The molecule has 0 saturated carbocycles. The lowest BCUT2D eigenvalue weighted by Crippen LogP contribution is -2.13. The molecule has 2 aromatic carbocycles. The smallest absolute Gasteiger partial charge is 0.184 e. The summed E-state index contributed by atoms with van der Waals surface area (Å²) in [6.07, 6.45) is 0. The van der Waals surface area contributed by atoms with E-state index in [1.54, 1.807) is 6.07 Å². The maximum atomic E-state index is 13.6. The predicted octanol–water partition coefficient (Wildman–Crippen LogP) is 4.11. The van der Waals surface area contributed by atoms with Crippen molar-refractivity contribution in [3.05, 3.63) is 70.2 Å². The van der Waals surface area contributed by atoms with Crippen molar-refractivity contribution in [3.63, 3.8) is 0 Å². The highest BCUT2D eigenvalue weighted by molar-refractivity contribution is 6.30. The van der Waals surface area contributed by atoms with Crippen molar-refractivity contribution in [1.82, 2.24) is 0 Å². The summed E-state index contributed by atoms with van der Waals surface area (Å²) in [5.74, 6) is -3.41. The molecule has 2 nitrogen and oxygen atoms in total. The minimum Gasteiger partial charge on any atom is -0.292 e.